The Bertz CT molecular complexity index is 1160. The molecule has 2 N–H and O–H groups in total. The van der Waals surface area contributed by atoms with Crippen molar-refractivity contribution in [3.63, 3.8) is 0 Å². The van der Waals surface area contributed by atoms with Crippen LogP contribution in [0.2, 0.25) is 0 Å². The van der Waals surface area contributed by atoms with Gasteiger partial charge in [-0.1, -0.05) is 29.8 Å². The van der Waals surface area contributed by atoms with Crippen molar-refractivity contribution in [2.24, 2.45) is 0 Å². The Kier molecular flexibility index (Phi) is 7.83. The molecule has 3 aromatic rings. The number of piperidine rings is 1. The van der Waals surface area contributed by atoms with Crippen LogP contribution < -0.4 is 15.5 Å². The summed E-state index contributed by atoms with van der Waals surface area (Å²) >= 11 is 0. The van der Waals surface area contributed by atoms with Crippen LogP contribution in [0.25, 0.3) is 0 Å². The van der Waals surface area contributed by atoms with E-state index in [0.717, 1.165) is 54.9 Å². The maximum Gasteiger partial charge on any atom is 0.337 e. The molecule has 4 rings (SSSR count). The fourth-order valence-electron chi connectivity index (χ4n) is 4.50. The third-order valence-electron chi connectivity index (χ3n) is 6.58. The molecule has 0 atom stereocenters. The van der Waals surface area contributed by atoms with E-state index in [2.05, 4.69) is 27.7 Å². The van der Waals surface area contributed by atoms with Crippen molar-refractivity contribution >= 4 is 23.3 Å². The summed E-state index contributed by atoms with van der Waals surface area (Å²) < 4.78 is 4.75. The van der Waals surface area contributed by atoms with Crippen molar-refractivity contribution in [3.05, 3.63) is 94.5 Å². The van der Waals surface area contributed by atoms with Crippen LogP contribution in [-0.2, 0) is 11.3 Å². The number of methoxy groups -OCH3 is 1. The Morgan fingerprint density at radius 3 is 2.26 bits per heavy atom. The van der Waals surface area contributed by atoms with E-state index in [0.29, 0.717) is 17.2 Å². The number of carbonyl (C=O) groups is 2. The lowest BCUT2D eigenvalue weighted by atomic mass is 10.0. The van der Waals surface area contributed by atoms with E-state index >= 15 is 0 Å². The SMILES string of the molecule is COC(=O)c1ccc(CNC2CCN(c3ccc(NC(=O)c4ccc(C)cc4C)cc3)CC2)cc1. The maximum atomic E-state index is 12.6. The number of anilines is 2. The highest BCUT2D eigenvalue weighted by molar-refractivity contribution is 6.05. The second kappa shape index (κ2) is 11.2. The predicted octanol–water partition coefficient (Wildman–Crippen LogP) is 5.10. The van der Waals surface area contributed by atoms with Crippen LogP contribution in [0.3, 0.4) is 0 Å². The molecule has 1 aliphatic rings. The average molecular weight is 472 g/mol. The van der Waals surface area contributed by atoms with E-state index in [4.69, 9.17) is 4.74 Å². The second-order valence-corrected chi connectivity index (χ2v) is 9.15. The van der Waals surface area contributed by atoms with Crippen molar-refractivity contribution in [2.45, 2.75) is 39.3 Å². The van der Waals surface area contributed by atoms with Gasteiger partial charge in [0.2, 0.25) is 0 Å². The molecule has 0 aromatic heterocycles. The first-order valence-corrected chi connectivity index (χ1v) is 12.1. The fraction of sp³-hybridized carbons (Fsp3) is 0.310. The number of nitrogens with one attached hydrogen (secondary N) is 2. The number of amides is 1. The summed E-state index contributed by atoms with van der Waals surface area (Å²) in [4.78, 5) is 26.6. The van der Waals surface area contributed by atoms with Crippen molar-refractivity contribution in [2.75, 3.05) is 30.4 Å². The molecule has 1 heterocycles. The number of benzene rings is 3. The third-order valence-corrected chi connectivity index (χ3v) is 6.58. The lowest BCUT2D eigenvalue weighted by molar-refractivity contribution is 0.0600. The van der Waals surface area contributed by atoms with E-state index in [-0.39, 0.29) is 11.9 Å². The lowest BCUT2D eigenvalue weighted by Crippen LogP contribution is -2.42. The highest BCUT2D eigenvalue weighted by Crippen LogP contribution is 2.23. The van der Waals surface area contributed by atoms with Gasteiger partial charge in [0.05, 0.1) is 12.7 Å². The average Bonchev–Trinajstić information content (AvgIpc) is 2.88. The van der Waals surface area contributed by atoms with Crippen molar-refractivity contribution < 1.29 is 14.3 Å². The van der Waals surface area contributed by atoms with Gasteiger partial charge in [-0.05, 0) is 80.3 Å². The summed E-state index contributed by atoms with van der Waals surface area (Å²) in [6, 6.07) is 22.0. The Hall–Kier alpha value is -3.64. The highest BCUT2D eigenvalue weighted by Gasteiger charge is 2.19. The van der Waals surface area contributed by atoms with E-state index in [1.54, 1.807) is 12.1 Å². The van der Waals surface area contributed by atoms with Crippen LogP contribution in [-0.4, -0.2) is 38.1 Å². The molecule has 0 unspecified atom stereocenters. The van der Waals surface area contributed by atoms with Crippen LogP contribution in [0, 0.1) is 13.8 Å². The standard InChI is InChI=1S/C29H33N3O3/c1-20-4-13-27(21(2)18-20)28(33)31-25-9-11-26(12-10-25)32-16-14-24(15-17-32)30-19-22-5-7-23(8-6-22)29(34)35-3/h4-13,18,24,30H,14-17,19H2,1-3H3,(H,31,33). The zero-order valence-corrected chi connectivity index (χ0v) is 20.6. The highest BCUT2D eigenvalue weighted by atomic mass is 16.5. The summed E-state index contributed by atoms with van der Waals surface area (Å²) in [5, 5.41) is 6.64. The molecule has 0 bridgehead atoms. The van der Waals surface area contributed by atoms with Gasteiger partial charge in [0.25, 0.3) is 5.91 Å². The molecule has 0 spiro atoms. The molecule has 6 nitrogen and oxygen atoms in total. The number of ether oxygens (including phenoxy) is 1. The van der Waals surface area contributed by atoms with Gasteiger partial charge in [-0.2, -0.15) is 0 Å². The molecule has 0 radical (unpaired) electrons. The molecule has 1 saturated heterocycles. The number of hydrogen-bond donors (Lipinski definition) is 2. The summed E-state index contributed by atoms with van der Waals surface area (Å²) in [6.45, 7) is 6.73. The van der Waals surface area contributed by atoms with Gasteiger partial charge in [0, 0.05) is 42.6 Å². The lowest BCUT2D eigenvalue weighted by Gasteiger charge is -2.34. The molecule has 182 valence electrons. The van der Waals surface area contributed by atoms with Gasteiger partial charge in [-0.25, -0.2) is 4.79 Å². The quantitative estimate of drug-likeness (QED) is 0.469. The first-order valence-electron chi connectivity index (χ1n) is 12.1. The minimum atomic E-state index is -0.311. The van der Waals surface area contributed by atoms with E-state index in [9.17, 15) is 9.59 Å². The number of rotatable bonds is 7. The van der Waals surface area contributed by atoms with Gasteiger partial charge >= 0.3 is 5.97 Å². The van der Waals surface area contributed by atoms with Gasteiger partial charge in [0.15, 0.2) is 0 Å². The third kappa shape index (κ3) is 6.28. The Morgan fingerprint density at radius 1 is 0.943 bits per heavy atom. The van der Waals surface area contributed by atoms with Crippen LogP contribution in [0.5, 0.6) is 0 Å². The van der Waals surface area contributed by atoms with Crippen LogP contribution in [0.15, 0.2) is 66.7 Å². The Balaban J connectivity index is 1.25. The van der Waals surface area contributed by atoms with Gasteiger partial charge < -0.3 is 20.3 Å². The Labute approximate surface area is 207 Å². The number of aryl methyl sites for hydroxylation is 2. The van der Waals surface area contributed by atoms with Crippen molar-refractivity contribution in [1.82, 2.24) is 5.32 Å². The molecule has 1 fully saturated rings. The summed E-state index contributed by atoms with van der Waals surface area (Å²) in [5.41, 5.74) is 6.53. The fourth-order valence-corrected chi connectivity index (χ4v) is 4.50. The Morgan fingerprint density at radius 2 is 1.63 bits per heavy atom. The van der Waals surface area contributed by atoms with Gasteiger partial charge in [-0.15, -0.1) is 0 Å². The molecular formula is C29H33N3O3. The van der Waals surface area contributed by atoms with Gasteiger partial charge in [0.1, 0.15) is 0 Å². The van der Waals surface area contributed by atoms with Crippen LogP contribution >= 0.6 is 0 Å². The summed E-state index contributed by atoms with van der Waals surface area (Å²) in [6.07, 6.45) is 2.12. The number of esters is 1. The smallest absolute Gasteiger partial charge is 0.337 e. The number of nitrogens with zero attached hydrogens (tertiary/aromatic N) is 1. The van der Waals surface area contributed by atoms with E-state index in [1.807, 2.05) is 56.3 Å². The van der Waals surface area contributed by atoms with Crippen molar-refractivity contribution in [3.8, 4) is 0 Å². The molecule has 0 saturated carbocycles. The molecule has 35 heavy (non-hydrogen) atoms. The minimum absolute atomic E-state index is 0.0814. The summed E-state index contributed by atoms with van der Waals surface area (Å²) in [7, 11) is 1.39. The predicted molar refractivity (Wildman–Crippen MR) is 140 cm³/mol. The monoisotopic (exact) mass is 471 g/mol. The molecule has 6 heteroatoms. The normalized spacial score (nSPS) is 14.0. The van der Waals surface area contributed by atoms with E-state index < -0.39 is 0 Å². The second-order valence-electron chi connectivity index (χ2n) is 9.15. The number of hydrogen-bond acceptors (Lipinski definition) is 5. The molecular weight excluding hydrogens is 438 g/mol. The first kappa shape index (κ1) is 24.5. The first-order chi connectivity index (χ1) is 16.9. The number of carbonyl (C=O) groups excluding carboxylic acids is 2. The maximum absolute atomic E-state index is 12.6. The topological polar surface area (TPSA) is 70.7 Å². The van der Waals surface area contributed by atoms with E-state index in [1.165, 1.54) is 12.8 Å². The zero-order chi connectivity index (χ0) is 24.8. The minimum Gasteiger partial charge on any atom is -0.465 e. The van der Waals surface area contributed by atoms with Crippen molar-refractivity contribution in [1.29, 1.82) is 0 Å². The zero-order valence-electron chi connectivity index (χ0n) is 20.6. The van der Waals surface area contributed by atoms with Gasteiger partial charge in [-0.3, -0.25) is 4.79 Å². The summed E-state index contributed by atoms with van der Waals surface area (Å²) in [5.74, 6) is -0.393. The molecule has 3 aromatic carbocycles. The largest absolute Gasteiger partial charge is 0.465 e. The molecule has 1 amide bonds. The van der Waals surface area contributed by atoms with Crippen LogP contribution in [0.4, 0.5) is 11.4 Å². The van der Waals surface area contributed by atoms with Crippen LogP contribution in [0.1, 0.15) is 50.2 Å². The molecule has 1 aliphatic heterocycles. The molecule has 0 aliphatic carbocycles.